The van der Waals surface area contributed by atoms with Gasteiger partial charge in [-0.3, -0.25) is 9.59 Å². The van der Waals surface area contributed by atoms with Crippen molar-refractivity contribution in [1.29, 1.82) is 0 Å². The first-order valence-corrected chi connectivity index (χ1v) is 9.30. The van der Waals surface area contributed by atoms with E-state index < -0.39 is 12.7 Å². The molecule has 2 N–H and O–H groups in total. The second-order valence-electron chi connectivity index (χ2n) is 6.71. The van der Waals surface area contributed by atoms with Crippen LogP contribution >= 0.6 is 0 Å². The van der Waals surface area contributed by atoms with Crippen LogP contribution in [0.2, 0.25) is 0 Å². The fraction of sp³-hybridized carbons (Fsp3) is 0.333. The zero-order chi connectivity index (χ0) is 20.8. The van der Waals surface area contributed by atoms with Gasteiger partial charge >= 0.3 is 6.61 Å². The average molecular weight is 404 g/mol. The lowest BCUT2D eigenvalue weighted by Crippen LogP contribution is -2.28. The van der Waals surface area contributed by atoms with Gasteiger partial charge in [0.15, 0.2) is 0 Å². The Balaban J connectivity index is 1.60. The molecule has 1 aliphatic rings. The summed E-state index contributed by atoms with van der Waals surface area (Å²) in [6.07, 6.45) is 1.09. The molecule has 2 aromatic carbocycles. The molecule has 0 unspecified atom stereocenters. The van der Waals surface area contributed by atoms with Crippen molar-refractivity contribution in [2.24, 2.45) is 0 Å². The van der Waals surface area contributed by atoms with Gasteiger partial charge in [-0.2, -0.15) is 8.78 Å². The first kappa shape index (κ1) is 20.7. The van der Waals surface area contributed by atoms with Gasteiger partial charge in [-0.25, -0.2) is 0 Å². The Morgan fingerprint density at radius 2 is 1.93 bits per heavy atom. The van der Waals surface area contributed by atoms with Crippen molar-refractivity contribution in [2.45, 2.75) is 38.5 Å². The normalized spacial score (nSPS) is 17.0. The molecule has 8 heteroatoms. The van der Waals surface area contributed by atoms with Crippen molar-refractivity contribution in [3.8, 4) is 5.75 Å². The van der Waals surface area contributed by atoms with Gasteiger partial charge in [-0.05, 0) is 55.7 Å². The smallest absolute Gasteiger partial charge is 0.387 e. The Hall–Kier alpha value is -3.00. The molecular formula is C21H22F2N2O4. The van der Waals surface area contributed by atoms with Crippen molar-refractivity contribution in [1.82, 2.24) is 5.32 Å². The lowest BCUT2D eigenvalue weighted by atomic mass is 10.1. The predicted molar refractivity (Wildman–Crippen MR) is 103 cm³/mol. The second-order valence-corrected chi connectivity index (χ2v) is 6.71. The number of anilines is 1. The molecule has 0 bridgehead atoms. The van der Waals surface area contributed by atoms with Crippen molar-refractivity contribution < 1.29 is 27.8 Å². The van der Waals surface area contributed by atoms with Crippen LogP contribution in [-0.4, -0.2) is 31.1 Å². The summed E-state index contributed by atoms with van der Waals surface area (Å²) in [6, 6.07) is 12.3. The molecule has 0 saturated carbocycles. The van der Waals surface area contributed by atoms with E-state index in [1.807, 2.05) is 0 Å². The fourth-order valence-electron chi connectivity index (χ4n) is 3.05. The van der Waals surface area contributed by atoms with Gasteiger partial charge in [-0.15, -0.1) is 0 Å². The third kappa shape index (κ3) is 5.74. The zero-order valence-corrected chi connectivity index (χ0v) is 15.9. The van der Waals surface area contributed by atoms with E-state index in [1.165, 1.54) is 12.1 Å². The quantitative estimate of drug-likeness (QED) is 0.734. The Morgan fingerprint density at radius 3 is 2.59 bits per heavy atom. The second kappa shape index (κ2) is 9.47. The summed E-state index contributed by atoms with van der Waals surface area (Å²) in [5, 5.41) is 5.61. The number of halogens is 2. The van der Waals surface area contributed by atoms with E-state index >= 15 is 0 Å². The Bertz CT molecular complexity index is 852. The topological polar surface area (TPSA) is 76.7 Å². The molecule has 29 heavy (non-hydrogen) atoms. The van der Waals surface area contributed by atoms with Crippen LogP contribution in [0, 0.1) is 0 Å². The van der Waals surface area contributed by atoms with Crippen LogP contribution in [0.5, 0.6) is 5.75 Å². The van der Waals surface area contributed by atoms with E-state index in [2.05, 4.69) is 15.4 Å². The summed E-state index contributed by atoms with van der Waals surface area (Å²) in [4.78, 5) is 24.7. The van der Waals surface area contributed by atoms with Crippen molar-refractivity contribution in [3.63, 3.8) is 0 Å². The lowest BCUT2D eigenvalue weighted by Gasteiger charge is -2.16. The number of amides is 2. The van der Waals surface area contributed by atoms with E-state index in [9.17, 15) is 18.4 Å². The summed E-state index contributed by atoms with van der Waals surface area (Å²) in [5.74, 6) is -0.491. The molecule has 2 aromatic rings. The highest BCUT2D eigenvalue weighted by atomic mass is 19.3. The van der Waals surface area contributed by atoms with E-state index in [0.717, 1.165) is 12.0 Å². The molecule has 1 heterocycles. The Labute approximate surface area is 167 Å². The molecule has 1 saturated heterocycles. The first-order valence-electron chi connectivity index (χ1n) is 9.30. The molecule has 1 aliphatic heterocycles. The average Bonchev–Trinajstić information content (AvgIpc) is 3.23. The van der Waals surface area contributed by atoms with Crippen molar-refractivity contribution in [3.05, 3.63) is 59.7 Å². The third-order valence-corrected chi connectivity index (χ3v) is 4.57. The van der Waals surface area contributed by atoms with Crippen molar-refractivity contribution >= 4 is 17.5 Å². The number of rotatable bonds is 7. The molecule has 3 rings (SSSR count). The van der Waals surface area contributed by atoms with Gasteiger partial charge in [0.25, 0.3) is 11.8 Å². The zero-order valence-electron chi connectivity index (χ0n) is 15.9. The summed E-state index contributed by atoms with van der Waals surface area (Å²) < 4.78 is 34.1. The minimum atomic E-state index is -2.88. The largest absolute Gasteiger partial charge is 0.435 e. The number of carbonyl (C=O) groups excluding carboxylic acids is 2. The van der Waals surface area contributed by atoms with Crippen LogP contribution in [0.3, 0.4) is 0 Å². The van der Waals surface area contributed by atoms with Crippen LogP contribution in [-0.2, 0) is 9.53 Å². The number of alkyl halides is 2. The lowest BCUT2D eigenvalue weighted by molar-refractivity contribution is -0.124. The van der Waals surface area contributed by atoms with E-state index in [1.54, 1.807) is 43.3 Å². The van der Waals surface area contributed by atoms with Gasteiger partial charge in [0.2, 0.25) is 0 Å². The Kier molecular flexibility index (Phi) is 6.77. The monoisotopic (exact) mass is 404 g/mol. The van der Waals surface area contributed by atoms with Gasteiger partial charge in [0, 0.05) is 17.9 Å². The number of hydrogen-bond acceptors (Lipinski definition) is 4. The van der Waals surface area contributed by atoms with Crippen LogP contribution < -0.4 is 15.4 Å². The number of nitrogens with one attached hydrogen (secondary N) is 2. The molecule has 0 aromatic heterocycles. The standard InChI is InChI=1S/C21H22F2N2O4/c1-13(14-7-9-17(10-8-14)29-21(22)23)24-19(26)15-4-2-5-16(12-15)25-20(27)18-6-3-11-28-18/h2,4-5,7-10,12-13,18,21H,3,6,11H2,1H3,(H,24,26)(H,25,27)/t13-,18+/m0/s1. The molecule has 0 radical (unpaired) electrons. The molecule has 2 amide bonds. The minimum absolute atomic E-state index is 0.0527. The van der Waals surface area contributed by atoms with Crippen LogP contribution in [0.25, 0.3) is 0 Å². The van der Waals surface area contributed by atoms with E-state index in [-0.39, 0.29) is 23.6 Å². The number of benzene rings is 2. The highest BCUT2D eigenvalue weighted by Gasteiger charge is 2.23. The van der Waals surface area contributed by atoms with Crippen LogP contribution in [0.15, 0.2) is 48.5 Å². The van der Waals surface area contributed by atoms with E-state index in [4.69, 9.17) is 4.74 Å². The molecule has 0 spiro atoms. The van der Waals surface area contributed by atoms with Gasteiger partial charge < -0.3 is 20.1 Å². The molecular weight excluding hydrogens is 382 g/mol. The molecule has 0 aliphatic carbocycles. The van der Waals surface area contributed by atoms with Crippen LogP contribution in [0.4, 0.5) is 14.5 Å². The minimum Gasteiger partial charge on any atom is -0.435 e. The third-order valence-electron chi connectivity index (χ3n) is 4.57. The molecule has 2 atom stereocenters. The molecule has 154 valence electrons. The predicted octanol–water partition coefficient (Wildman–Crippen LogP) is 3.90. The maximum atomic E-state index is 12.6. The van der Waals surface area contributed by atoms with Gasteiger partial charge in [-0.1, -0.05) is 18.2 Å². The van der Waals surface area contributed by atoms with Crippen LogP contribution in [0.1, 0.15) is 41.7 Å². The number of carbonyl (C=O) groups is 2. The van der Waals surface area contributed by atoms with Crippen molar-refractivity contribution in [2.75, 3.05) is 11.9 Å². The number of ether oxygens (including phenoxy) is 2. The van der Waals surface area contributed by atoms with E-state index in [0.29, 0.717) is 24.3 Å². The highest BCUT2D eigenvalue weighted by molar-refractivity contribution is 5.98. The SMILES string of the molecule is C[C@H](NC(=O)c1cccc(NC(=O)[C@H]2CCCO2)c1)c1ccc(OC(F)F)cc1. The molecule has 1 fully saturated rings. The highest BCUT2D eigenvalue weighted by Crippen LogP contribution is 2.20. The Morgan fingerprint density at radius 1 is 1.17 bits per heavy atom. The summed E-state index contributed by atoms with van der Waals surface area (Å²) >= 11 is 0. The fourth-order valence-corrected chi connectivity index (χ4v) is 3.05. The first-order chi connectivity index (χ1) is 13.9. The van der Waals surface area contributed by atoms with Gasteiger partial charge in [0.05, 0.1) is 6.04 Å². The summed E-state index contributed by atoms with van der Waals surface area (Å²) in [5.41, 5.74) is 1.64. The number of hydrogen-bond donors (Lipinski definition) is 2. The molecule has 6 nitrogen and oxygen atoms in total. The summed E-state index contributed by atoms with van der Waals surface area (Å²) in [6.45, 7) is -0.525. The maximum Gasteiger partial charge on any atom is 0.387 e. The van der Waals surface area contributed by atoms with Gasteiger partial charge in [0.1, 0.15) is 11.9 Å². The maximum absolute atomic E-state index is 12.6. The summed E-state index contributed by atoms with van der Waals surface area (Å²) in [7, 11) is 0.